The van der Waals surface area contributed by atoms with Crippen molar-refractivity contribution in [1.29, 1.82) is 0 Å². The quantitative estimate of drug-likeness (QED) is 0.645. The highest BCUT2D eigenvalue weighted by Gasteiger charge is 1.99. The van der Waals surface area contributed by atoms with Crippen molar-refractivity contribution in [3.05, 3.63) is 63.7 Å². The Kier molecular flexibility index (Phi) is 3.50. The third kappa shape index (κ3) is 2.89. The number of benzene rings is 2. The van der Waals surface area contributed by atoms with Gasteiger partial charge in [0.05, 0.1) is 3.57 Å². The summed E-state index contributed by atoms with van der Waals surface area (Å²) in [5.74, 6) is 0. The van der Waals surface area contributed by atoms with Crippen molar-refractivity contribution < 1.29 is 4.99 Å². The van der Waals surface area contributed by atoms with E-state index in [4.69, 9.17) is 0 Å². The van der Waals surface area contributed by atoms with Crippen molar-refractivity contribution in [2.24, 2.45) is 0 Å². The van der Waals surface area contributed by atoms with E-state index in [1.807, 2.05) is 36.5 Å². The summed E-state index contributed by atoms with van der Waals surface area (Å²) < 4.78 is 1.22. The monoisotopic (exact) mass is 308 g/mol. The molecule has 0 heterocycles. The first-order valence-corrected chi connectivity index (χ1v) is 5.83. The highest BCUT2D eigenvalue weighted by atomic mass is 127. The predicted octanol–water partition coefficient (Wildman–Crippen LogP) is 2.12. The van der Waals surface area contributed by atoms with Crippen LogP contribution in [0.15, 0.2) is 54.6 Å². The molecule has 0 aliphatic rings. The van der Waals surface area contributed by atoms with Crippen molar-refractivity contribution in [1.82, 2.24) is 0 Å². The Bertz CT molecular complexity index is 463. The van der Waals surface area contributed by atoms with Crippen LogP contribution in [0.25, 0.3) is 0 Å². The second-order valence-electron chi connectivity index (χ2n) is 3.18. The maximum Gasteiger partial charge on any atom is 0.216 e. The Hall–Kier alpha value is -1.16. The van der Waals surface area contributed by atoms with Crippen LogP contribution >= 0.6 is 22.6 Å². The van der Waals surface area contributed by atoms with E-state index in [1.165, 1.54) is 9.13 Å². The van der Waals surface area contributed by atoms with E-state index in [1.54, 1.807) is 0 Å². The third-order valence-corrected chi connectivity index (χ3v) is 3.01. The van der Waals surface area contributed by atoms with E-state index in [0.717, 1.165) is 5.69 Å². The zero-order chi connectivity index (χ0) is 10.5. The van der Waals surface area contributed by atoms with Gasteiger partial charge in [0.15, 0.2) is 6.21 Å². The highest BCUT2D eigenvalue weighted by Crippen LogP contribution is 2.10. The summed E-state index contributed by atoms with van der Waals surface area (Å²) in [6, 6.07) is 18.4. The van der Waals surface area contributed by atoms with Crippen LogP contribution in [0.3, 0.4) is 0 Å². The first-order valence-electron chi connectivity index (χ1n) is 4.75. The Balaban J connectivity index is 2.23. The molecule has 0 spiro atoms. The minimum Gasteiger partial charge on any atom is -0.210 e. The molecule has 0 saturated carbocycles. The fraction of sp³-hybridized carbons (Fsp3) is 0. The summed E-state index contributed by atoms with van der Waals surface area (Å²) in [7, 11) is 0. The van der Waals surface area contributed by atoms with Crippen molar-refractivity contribution in [2.45, 2.75) is 0 Å². The maximum absolute atomic E-state index is 3.30. The molecule has 74 valence electrons. The fourth-order valence-corrected chi connectivity index (χ4v) is 1.83. The maximum atomic E-state index is 3.30. The van der Waals surface area contributed by atoms with E-state index < -0.39 is 0 Å². The Morgan fingerprint density at radius 3 is 2.27 bits per heavy atom. The molecule has 0 amide bonds. The summed E-state index contributed by atoms with van der Waals surface area (Å²) in [5.41, 5.74) is 2.32. The SMILES string of the molecule is Ic1ccccc1[NH+]=Cc1ccccc1. The summed E-state index contributed by atoms with van der Waals surface area (Å²) in [6.07, 6.45) is 2.01. The van der Waals surface area contributed by atoms with Gasteiger partial charge >= 0.3 is 0 Å². The van der Waals surface area contributed by atoms with Gasteiger partial charge in [0, 0.05) is 11.6 Å². The molecule has 0 aromatic heterocycles. The van der Waals surface area contributed by atoms with Gasteiger partial charge < -0.3 is 0 Å². The highest BCUT2D eigenvalue weighted by molar-refractivity contribution is 14.1. The van der Waals surface area contributed by atoms with Gasteiger partial charge in [0.1, 0.15) is 0 Å². The average molecular weight is 308 g/mol. The molecule has 1 N–H and O–H groups in total. The first kappa shape index (κ1) is 10.4. The molecular weight excluding hydrogens is 297 g/mol. The fourth-order valence-electron chi connectivity index (χ4n) is 1.29. The largest absolute Gasteiger partial charge is 0.216 e. The zero-order valence-corrected chi connectivity index (χ0v) is 10.3. The van der Waals surface area contributed by atoms with Gasteiger partial charge in [-0.15, -0.1) is 0 Å². The zero-order valence-electron chi connectivity index (χ0n) is 8.15. The minimum atomic E-state index is 1.14. The summed E-state index contributed by atoms with van der Waals surface area (Å²) in [4.78, 5) is 3.30. The molecule has 0 radical (unpaired) electrons. The smallest absolute Gasteiger partial charge is 0.210 e. The van der Waals surface area contributed by atoms with Crippen LogP contribution in [0.2, 0.25) is 0 Å². The van der Waals surface area contributed by atoms with Crippen LogP contribution in [0.5, 0.6) is 0 Å². The molecule has 2 aromatic rings. The number of nitrogens with one attached hydrogen (secondary N) is 1. The van der Waals surface area contributed by atoms with Crippen molar-refractivity contribution in [3.8, 4) is 0 Å². The Labute approximate surface area is 103 Å². The van der Waals surface area contributed by atoms with Gasteiger partial charge in [-0.3, -0.25) is 0 Å². The van der Waals surface area contributed by atoms with Gasteiger partial charge in [0.25, 0.3) is 0 Å². The second kappa shape index (κ2) is 5.07. The standard InChI is InChI=1S/C13H10IN/c14-12-8-4-5-9-13(12)15-10-11-6-2-1-3-7-11/h1-10H/p+1. The van der Waals surface area contributed by atoms with Crippen LogP contribution in [-0.4, -0.2) is 6.21 Å². The molecule has 0 atom stereocenters. The number of hydrogen-bond donors (Lipinski definition) is 1. The molecule has 0 unspecified atom stereocenters. The predicted molar refractivity (Wildman–Crippen MR) is 71.4 cm³/mol. The van der Waals surface area contributed by atoms with Crippen LogP contribution < -0.4 is 4.99 Å². The summed E-state index contributed by atoms with van der Waals surface area (Å²) in [6.45, 7) is 0. The topological polar surface area (TPSA) is 14.0 Å². The van der Waals surface area contributed by atoms with Gasteiger partial charge in [-0.1, -0.05) is 30.3 Å². The molecule has 0 aliphatic carbocycles. The van der Waals surface area contributed by atoms with E-state index in [9.17, 15) is 0 Å². The first-order chi connectivity index (χ1) is 7.36. The lowest BCUT2D eigenvalue weighted by atomic mass is 10.2. The second-order valence-corrected chi connectivity index (χ2v) is 4.34. The van der Waals surface area contributed by atoms with E-state index in [2.05, 4.69) is 51.8 Å². The lowest BCUT2D eigenvalue weighted by Gasteiger charge is -1.90. The molecule has 2 rings (SSSR count). The number of rotatable bonds is 2. The molecule has 0 saturated heterocycles. The molecular formula is C13H11IN+. The van der Waals surface area contributed by atoms with Crippen LogP contribution in [-0.2, 0) is 0 Å². The van der Waals surface area contributed by atoms with Crippen molar-refractivity contribution in [2.75, 3.05) is 0 Å². The van der Waals surface area contributed by atoms with Crippen LogP contribution in [0.1, 0.15) is 5.56 Å². The number of hydrogen-bond acceptors (Lipinski definition) is 0. The number of para-hydroxylation sites is 1. The average Bonchev–Trinajstić information content (AvgIpc) is 2.29. The third-order valence-electron chi connectivity index (χ3n) is 2.07. The Morgan fingerprint density at radius 2 is 1.53 bits per heavy atom. The van der Waals surface area contributed by atoms with E-state index >= 15 is 0 Å². The van der Waals surface area contributed by atoms with Crippen LogP contribution in [0.4, 0.5) is 5.69 Å². The minimum absolute atomic E-state index is 1.14. The van der Waals surface area contributed by atoms with E-state index in [0.29, 0.717) is 0 Å². The molecule has 0 fully saturated rings. The van der Waals surface area contributed by atoms with Gasteiger partial charge in [0.2, 0.25) is 5.69 Å². The van der Waals surface area contributed by atoms with Crippen LogP contribution in [0, 0.1) is 3.57 Å². The van der Waals surface area contributed by atoms with Crippen molar-refractivity contribution in [3.63, 3.8) is 0 Å². The molecule has 1 nitrogen and oxygen atoms in total. The van der Waals surface area contributed by atoms with Gasteiger partial charge in [-0.05, 0) is 40.8 Å². The normalized spacial score (nSPS) is 10.7. The van der Waals surface area contributed by atoms with E-state index in [-0.39, 0.29) is 0 Å². The van der Waals surface area contributed by atoms with Crippen molar-refractivity contribution >= 4 is 34.5 Å². The molecule has 2 heteroatoms. The summed E-state index contributed by atoms with van der Waals surface area (Å²) >= 11 is 2.32. The summed E-state index contributed by atoms with van der Waals surface area (Å²) in [5, 5.41) is 0. The van der Waals surface area contributed by atoms with Gasteiger partial charge in [-0.2, -0.15) is 0 Å². The molecule has 0 aliphatic heterocycles. The molecule has 0 bridgehead atoms. The lowest BCUT2D eigenvalue weighted by Crippen LogP contribution is -2.62. The number of halogens is 1. The Morgan fingerprint density at radius 1 is 0.867 bits per heavy atom. The molecule has 15 heavy (non-hydrogen) atoms. The molecule has 2 aromatic carbocycles. The van der Waals surface area contributed by atoms with Gasteiger partial charge in [-0.25, -0.2) is 4.99 Å². The lowest BCUT2D eigenvalue weighted by molar-refractivity contribution is -0.347.